The van der Waals surface area contributed by atoms with E-state index in [0.717, 1.165) is 38.0 Å². The smallest absolute Gasteiger partial charge is 0.240 e. The van der Waals surface area contributed by atoms with E-state index in [1.54, 1.807) is 11.8 Å². The van der Waals surface area contributed by atoms with Crippen LogP contribution >= 0.6 is 11.8 Å². The molecule has 5 nitrogen and oxygen atoms in total. The number of fused-ring (bicyclic) bond motifs is 1. The van der Waals surface area contributed by atoms with Crippen LogP contribution in [0.25, 0.3) is 0 Å². The lowest BCUT2D eigenvalue weighted by Crippen LogP contribution is -2.50. The third kappa shape index (κ3) is 4.36. The normalized spacial score (nSPS) is 23.0. The largest absolute Gasteiger partial charge is 0.354 e. The Morgan fingerprint density at radius 3 is 2.96 bits per heavy atom. The molecule has 2 amide bonds. The van der Waals surface area contributed by atoms with Crippen LogP contribution in [-0.2, 0) is 16.0 Å². The molecule has 25 heavy (non-hydrogen) atoms. The number of hydrogen-bond donors (Lipinski definition) is 2. The Bertz CT molecular complexity index is 622. The first-order valence-corrected chi connectivity index (χ1v) is 10.2. The summed E-state index contributed by atoms with van der Waals surface area (Å²) in [6, 6.07) is 8.39. The number of carbonyl (C=O) groups is 2. The van der Waals surface area contributed by atoms with Gasteiger partial charge in [-0.05, 0) is 42.6 Å². The quantitative estimate of drug-likeness (QED) is 0.839. The second-order valence-electron chi connectivity index (χ2n) is 6.72. The molecular formula is C19H27N3O2S. The van der Waals surface area contributed by atoms with Gasteiger partial charge in [-0.15, -0.1) is 11.8 Å². The van der Waals surface area contributed by atoms with E-state index in [1.165, 1.54) is 11.1 Å². The summed E-state index contributed by atoms with van der Waals surface area (Å²) in [6.07, 6.45) is 4.47. The van der Waals surface area contributed by atoms with Gasteiger partial charge in [-0.2, -0.15) is 0 Å². The zero-order valence-corrected chi connectivity index (χ0v) is 15.4. The molecular weight excluding hydrogens is 334 g/mol. The van der Waals surface area contributed by atoms with E-state index in [-0.39, 0.29) is 23.1 Å². The van der Waals surface area contributed by atoms with Crippen molar-refractivity contribution in [3.05, 3.63) is 35.4 Å². The number of piperidine rings is 1. The van der Waals surface area contributed by atoms with Crippen molar-refractivity contribution in [2.24, 2.45) is 5.73 Å². The predicted octanol–water partition coefficient (Wildman–Crippen LogP) is 1.86. The van der Waals surface area contributed by atoms with Gasteiger partial charge in [0.25, 0.3) is 0 Å². The number of benzene rings is 1. The van der Waals surface area contributed by atoms with Crippen molar-refractivity contribution < 1.29 is 9.59 Å². The molecule has 6 heteroatoms. The molecule has 0 spiro atoms. The van der Waals surface area contributed by atoms with Crippen LogP contribution in [0.5, 0.6) is 0 Å². The van der Waals surface area contributed by atoms with E-state index in [4.69, 9.17) is 5.73 Å². The number of likely N-dealkylation sites (tertiary alicyclic amines) is 1. The van der Waals surface area contributed by atoms with Crippen molar-refractivity contribution in [2.75, 3.05) is 25.4 Å². The number of nitrogens with zero attached hydrogens (tertiary/aromatic N) is 1. The number of nitrogens with two attached hydrogens (primary N) is 1. The van der Waals surface area contributed by atoms with Gasteiger partial charge in [0.2, 0.25) is 11.8 Å². The Balaban J connectivity index is 1.70. The SMILES string of the molecule is NCCC(=O)NCC1CCCCN1C(=O)C1SCCc2ccccc21. The first-order valence-electron chi connectivity index (χ1n) is 9.17. The molecule has 2 atom stereocenters. The minimum atomic E-state index is -0.106. The monoisotopic (exact) mass is 361 g/mol. The third-order valence-electron chi connectivity index (χ3n) is 5.03. The number of rotatable bonds is 5. The summed E-state index contributed by atoms with van der Waals surface area (Å²) in [5.74, 6) is 1.16. The van der Waals surface area contributed by atoms with Gasteiger partial charge >= 0.3 is 0 Å². The summed E-state index contributed by atoms with van der Waals surface area (Å²) < 4.78 is 0. The summed E-state index contributed by atoms with van der Waals surface area (Å²) in [7, 11) is 0. The van der Waals surface area contributed by atoms with Crippen LogP contribution in [0.15, 0.2) is 24.3 Å². The highest BCUT2D eigenvalue weighted by molar-refractivity contribution is 8.00. The van der Waals surface area contributed by atoms with E-state index in [1.807, 2.05) is 17.0 Å². The van der Waals surface area contributed by atoms with E-state index in [9.17, 15) is 9.59 Å². The van der Waals surface area contributed by atoms with Crippen LogP contribution in [0.2, 0.25) is 0 Å². The summed E-state index contributed by atoms with van der Waals surface area (Å²) in [6.45, 7) is 1.67. The molecule has 2 heterocycles. The fourth-order valence-corrected chi connectivity index (χ4v) is 4.96. The molecule has 0 saturated carbocycles. The Hall–Kier alpha value is -1.53. The first kappa shape index (κ1) is 18.3. The Kier molecular flexibility index (Phi) is 6.37. The zero-order valence-electron chi connectivity index (χ0n) is 14.6. The van der Waals surface area contributed by atoms with Gasteiger partial charge in [0.15, 0.2) is 0 Å². The molecule has 1 saturated heterocycles. The maximum absolute atomic E-state index is 13.3. The number of hydrogen-bond acceptors (Lipinski definition) is 4. The third-order valence-corrected chi connectivity index (χ3v) is 6.26. The molecule has 2 aliphatic heterocycles. The van der Waals surface area contributed by atoms with Crippen LogP contribution in [0, 0.1) is 0 Å². The van der Waals surface area contributed by atoms with Crippen molar-refractivity contribution in [3.63, 3.8) is 0 Å². The molecule has 1 fully saturated rings. The van der Waals surface area contributed by atoms with Crippen LogP contribution in [0.1, 0.15) is 42.1 Å². The highest BCUT2D eigenvalue weighted by Gasteiger charge is 2.34. The molecule has 0 aliphatic carbocycles. The zero-order chi connectivity index (χ0) is 17.6. The average molecular weight is 362 g/mol. The summed E-state index contributed by atoms with van der Waals surface area (Å²) in [4.78, 5) is 27.0. The van der Waals surface area contributed by atoms with Gasteiger partial charge in [0, 0.05) is 32.1 Å². The van der Waals surface area contributed by atoms with Crippen LogP contribution in [-0.4, -0.2) is 48.1 Å². The molecule has 0 bridgehead atoms. The van der Waals surface area contributed by atoms with E-state index < -0.39 is 0 Å². The van der Waals surface area contributed by atoms with Crippen molar-refractivity contribution >= 4 is 23.6 Å². The first-order chi connectivity index (χ1) is 12.2. The van der Waals surface area contributed by atoms with Gasteiger partial charge in [0.05, 0.1) is 0 Å². The fourth-order valence-electron chi connectivity index (χ4n) is 3.70. The second kappa shape index (κ2) is 8.72. The Labute approximate surface area is 153 Å². The highest BCUT2D eigenvalue weighted by Crippen LogP contribution is 2.39. The number of thioether (sulfide) groups is 1. The number of amides is 2. The molecule has 1 aromatic carbocycles. The van der Waals surface area contributed by atoms with Gasteiger partial charge < -0.3 is 16.0 Å². The topological polar surface area (TPSA) is 75.4 Å². The molecule has 3 N–H and O–H groups in total. The van der Waals surface area contributed by atoms with E-state index in [0.29, 0.717) is 19.5 Å². The van der Waals surface area contributed by atoms with Gasteiger partial charge in [-0.25, -0.2) is 0 Å². The maximum atomic E-state index is 13.3. The highest BCUT2D eigenvalue weighted by atomic mass is 32.2. The van der Waals surface area contributed by atoms with Crippen molar-refractivity contribution in [1.82, 2.24) is 10.2 Å². The number of carbonyl (C=O) groups excluding carboxylic acids is 2. The van der Waals surface area contributed by atoms with Gasteiger partial charge in [0.1, 0.15) is 5.25 Å². The molecule has 2 aliphatic rings. The number of nitrogens with one attached hydrogen (secondary N) is 1. The van der Waals surface area contributed by atoms with Crippen molar-refractivity contribution in [3.8, 4) is 0 Å². The molecule has 136 valence electrons. The molecule has 2 unspecified atom stereocenters. The summed E-state index contributed by atoms with van der Waals surface area (Å²) in [5.41, 5.74) is 7.89. The van der Waals surface area contributed by atoms with Gasteiger partial charge in [-0.1, -0.05) is 24.3 Å². The van der Waals surface area contributed by atoms with Gasteiger partial charge in [-0.3, -0.25) is 9.59 Å². The fraction of sp³-hybridized carbons (Fsp3) is 0.579. The lowest BCUT2D eigenvalue weighted by atomic mass is 9.97. The maximum Gasteiger partial charge on any atom is 0.240 e. The molecule has 1 aromatic rings. The standard InChI is InChI=1S/C19H27N3O2S/c20-10-8-17(23)21-13-15-6-3-4-11-22(15)19(24)18-16-7-2-1-5-14(16)9-12-25-18/h1-2,5,7,15,18H,3-4,6,8-13,20H2,(H,21,23). The molecule has 0 aromatic heterocycles. The molecule has 3 rings (SSSR count). The van der Waals surface area contributed by atoms with E-state index >= 15 is 0 Å². The number of aryl methyl sites for hydroxylation is 1. The second-order valence-corrected chi connectivity index (χ2v) is 7.94. The Morgan fingerprint density at radius 2 is 2.12 bits per heavy atom. The summed E-state index contributed by atoms with van der Waals surface area (Å²) >= 11 is 1.75. The molecule has 0 radical (unpaired) electrons. The minimum absolute atomic E-state index is 0.0298. The predicted molar refractivity (Wildman–Crippen MR) is 101 cm³/mol. The summed E-state index contributed by atoms with van der Waals surface area (Å²) in [5, 5.41) is 2.83. The van der Waals surface area contributed by atoms with Crippen molar-refractivity contribution in [2.45, 2.75) is 43.4 Å². The lowest BCUT2D eigenvalue weighted by Gasteiger charge is -2.39. The van der Waals surface area contributed by atoms with Crippen LogP contribution < -0.4 is 11.1 Å². The van der Waals surface area contributed by atoms with Crippen molar-refractivity contribution in [1.29, 1.82) is 0 Å². The van der Waals surface area contributed by atoms with Crippen LogP contribution in [0.4, 0.5) is 0 Å². The lowest BCUT2D eigenvalue weighted by molar-refractivity contribution is -0.135. The minimum Gasteiger partial charge on any atom is -0.354 e. The Morgan fingerprint density at radius 1 is 1.28 bits per heavy atom. The average Bonchev–Trinajstić information content (AvgIpc) is 2.66. The van der Waals surface area contributed by atoms with Crippen LogP contribution in [0.3, 0.4) is 0 Å². The van der Waals surface area contributed by atoms with E-state index in [2.05, 4.69) is 17.4 Å².